The Morgan fingerprint density at radius 3 is 2.29 bits per heavy atom. The lowest BCUT2D eigenvalue weighted by molar-refractivity contribution is -0.138. The molecule has 0 saturated carbocycles. The number of carbonyl (C=O) groups is 2. The van der Waals surface area contributed by atoms with E-state index < -0.39 is 12.0 Å². The number of aliphatic carboxylic acids is 1. The molecule has 0 aromatic heterocycles. The van der Waals surface area contributed by atoms with E-state index in [1.165, 1.54) is 5.56 Å². The molecule has 1 aliphatic heterocycles. The summed E-state index contributed by atoms with van der Waals surface area (Å²) in [6, 6.07) is 14.9. The highest BCUT2D eigenvalue weighted by molar-refractivity contribution is 5.98. The van der Waals surface area contributed by atoms with Gasteiger partial charge in [0.25, 0.3) is 5.91 Å². The minimum absolute atomic E-state index is 0.0928. The third-order valence-electron chi connectivity index (χ3n) is 4.58. The fourth-order valence-electron chi connectivity index (χ4n) is 3.21. The smallest absolute Gasteiger partial charge is 0.305 e. The van der Waals surface area contributed by atoms with Crippen LogP contribution in [0, 0.1) is 0 Å². The number of fused-ring (bicyclic) bond motifs is 1. The van der Waals surface area contributed by atoms with Crippen molar-refractivity contribution >= 4 is 11.9 Å². The Morgan fingerprint density at radius 2 is 1.71 bits per heavy atom. The molecule has 0 radical (unpaired) electrons. The molecule has 3 rings (SSSR count). The second kappa shape index (κ2) is 6.48. The number of hydrogen-bond donors (Lipinski definition) is 1. The molecular formula is C20H21NO3. The van der Waals surface area contributed by atoms with Crippen LogP contribution in [0.25, 0.3) is 0 Å². The molecule has 124 valence electrons. The summed E-state index contributed by atoms with van der Waals surface area (Å²) in [6.07, 6.45) is -0.0965. The van der Waals surface area contributed by atoms with Crippen molar-refractivity contribution in [1.82, 2.24) is 4.90 Å². The first-order valence-corrected chi connectivity index (χ1v) is 8.18. The van der Waals surface area contributed by atoms with Crippen LogP contribution in [-0.4, -0.2) is 21.9 Å². The lowest BCUT2D eigenvalue weighted by Gasteiger charge is -2.27. The van der Waals surface area contributed by atoms with Crippen LogP contribution < -0.4 is 0 Å². The summed E-state index contributed by atoms with van der Waals surface area (Å²) in [5, 5.41) is 9.31. The van der Waals surface area contributed by atoms with E-state index in [0.717, 1.165) is 11.1 Å². The van der Waals surface area contributed by atoms with Gasteiger partial charge in [-0.25, -0.2) is 0 Å². The number of carboxylic acids is 1. The molecule has 0 unspecified atom stereocenters. The minimum atomic E-state index is -0.906. The van der Waals surface area contributed by atoms with E-state index in [4.69, 9.17) is 0 Å². The molecular weight excluding hydrogens is 302 g/mol. The zero-order chi connectivity index (χ0) is 17.3. The fourth-order valence-corrected chi connectivity index (χ4v) is 3.21. The predicted octanol–water partition coefficient (Wildman–Crippen LogP) is 3.98. The van der Waals surface area contributed by atoms with Gasteiger partial charge in [0.2, 0.25) is 0 Å². The highest BCUT2D eigenvalue weighted by Crippen LogP contribution is 2.33. The Balaban J connectivity index is 1.93. The maximum Gasteiger partial charge on any atom is 0.305 e. The minimum Gasteiger partial charge on any atom is -0.481 e. The molecule has 0 spiro atoms. The summed E-state index contributed by atoms with van der Waals surface area (Å²) >= 11 is 0. The maximum absolute atomic E-state index is 12.7. The van der Waals surface area contributed by atoms with E-state index in [2.05, 4.69) is 13.8 Å². The van der Waals surface area contributed by atoms with E-state index in [1.54, 1.807) is 11.0 Å². The summed E-state index contributed by atoms with van der Waals surface area (Å²) in [5.41, 5.74) is 3.69. The third-order valence-corrected chi connectivity index (χ3v) is 4.58. The first-order chi connectivity index (χ1) is 11.5. The van der Waals surface area contributed by atoms with Crippen LogP contribution in [0.4, 0.5) is 0 Å². The first kappa shape index (κ1) is 16.2. The van der Waals surface area contributed by atoms with Gasteiger partial charge >= 0.3 is 5.97 Å². The molecule has 0 aliphatic carbocycles. The van der Waals surface area contributed by atoms with Crippen molar-refractivity contribution in [1.29, 1.82) is 0 Å². The average molecular weight is 323 g/mol. The van der Waals surface area contributed by atoms with E-state index in [0.29, 0.717) is 18.0 Å². The second-order valence-corrected chi connectivity index (χ2v) is 6.53. The second-order valence-electron chi connectivity index (χ2n) is 6.53. The molecule has 24 heavy (non-hydrogen) atoms. The van der Waals surface area contributed by atoms with Crippen LogP contribution in [0.1, 0.15) is 59.3 Å². The van der Waals surface area contributed by atoms with Crippen LogP contribution in [-0.2, 0) is 11.3 Å². The Hall–Kier alpha value is -2.62. The summed E-state index contributed by atoms with van der Waals surface area (Å²) in [7, 11) is 0. The Labute approximate surface area is 141 Å². The standard InChI is InChI=1S/C20H21NO3/c1-13(2)14-7-9-15(10-8-14)18(11-19(22)23)21-12-16-5-3-4-6-17(16)20(21)24/h3-10,13,18H,11-12H2,1-2H3,(H,22,23)/t18-/m0/s1. The van der Waals surface area contributed by atoms with E-state index in [1.807, 2.05) is 42.5 Å². The number of amides is 1. The molecule has 1 heterocycles. The van der Waals surface area contributed by atoms with Gasteiger partial charge in [0, 0.05) is 12.1 Å². The molecule has 4 nitrogen and oxygen atoms in total. The van der Waals surface area contributed by atoms with Gasteiger partial charge in [-0.3, -0.25) is 9.59 Å². The third kappa shape index (κ3) is 3.04. The van der Waals surface area contributed by atoms with Crippen LogP contribution >= 0.6 is 0 Å². The summed E-state index contributed by atoms with van der Waals surface area (Å²) < 4.78 is 0. The maximum atomic E-state index is 12.7. The van der Waals surface area contributed by atoms with Crippen LogP contribution in [0.15, 0.2) is 48.5 Å². The van der Waals surface area contributed by atoms with Crippen molar-refractivity contribution in [2.24, 2.45) is 0 Å². The van der Waals surface area contributed by atoms with Gasteiger partial charge < -0.3 is 10.0 Å². The summed E-state index contributed by atoms with van der Waals surface area (Å²) in [6.45, 7) is 4.69. The molecule has 2 aromatic carbocycles. The molecule has 1 aliphatic rings. The SMILES string of the molecule is CC(C)c1ccc([C@H](CC(=O)O)N2Cc3ccccc3C2=O)cc1. The lowest BCUT2D eigenvalue weighted by Crippen LogP contribution is -2.30. The topological polar surface area (TPSA) is 57.6 Å². The molecule has 0 saturated heterocycles. The van der Waals surface area contributed by atoms with Crippen molar-refractivity contribution in [3.63, 3.8) is 0 Å². The van der Waals surface area contributed by atoms with Gasteiger partial charge in [-0.1, -0.05) is 56.3 Å². The summed E-state index contributed by atoms with van der Waals surface area (Å²) in [4.78, 5) is 25.7. The predicted molar refractivity (Wildman–Crippen MR) is 91.8 cm³/mol. The van der Waals surface area contributed by atoms with Crippen molar-refractivity contribution in [3.8, 4) is 0 Å². The Kier molecular flexibility index (Phi) is 4.38. The number of carbonyl (C=O) groups excluding carboxylic acids is 1. The molecule has 0 bridgehead atoms. The van der Waals surface area contributed by atoms with Crippen molar-refractivity contribution in [3.05, 3.63) is 70.8 Å². The lowest BCUT2D eigenvalue weighted by atomic mass is 9.97. The number of hydrogen-bond acceptors (Lipinski definition) is 2. The molecule has 1 N–H and O–H groups in total. The molecule has 1 atom stereocenters. The zero-order valence-electron chi connectivity index (χ0n) is 13.9. The zero-order valence-corrected chi connectivity index (χ0v) is 13.9. The van der Waals surface area contributed by atoms with Crippen LogP contribution in [0.5, 0.6) is 0 Å². The summed E-state index contributed by atoms with van der Waals surface area (Å²) in [5.74, 6) is -0.587. The van der Waals surface area contributed by atoms with Crippen LogP contribution in [0.3, 0.4) is 0 Å². The number of benzene rings is 2. The van der Waals surface area contributed by atoms with Gasteiger partial charge in [-0.15, -0.1) is 0 Å². The van der Waals surface area contributed by atoms with Gasteiger partial charge in [-0.2, -0.15) is 0 Å². The van der Waals surface area contributed by atoms with Gasteiger partial charge in [0.05, 0.1) is 12.5 Å². The van der Waals surface area contributed by atoms with E-state index in [-0.39, 0.29) is 12.3 Å². The van der Waals surface area contributed by atoms with Crippen molar-refractivity contribution < 1.29 is 14.7 Å². The van der Waals surface area contributed by atoms with Gasteiger partial charge in [0.15, 0.2) is 0 Å². The van der Waals surface area contributed by atoms with Crippen LogP contribution in [0.2, 0.25) is 0 Å². The average Bonchev–Trinajstić information content (AvgIpc) is 2.90. The van der Waals surface area contributed by atoms with Crippen molar-refractivity contribution in [2.75, 3.05) is 0 Å². The largest absolute Gasteiger partial charge is 0.481 e. The molecule has 4 heteroatoms. The number of carboxylic acid groups (broad SMARTS) is 1. The number of rotatable bonds is 5. The van der Waals surface area contributed by atoms with Crippen molar-refractivity contribution in [2.45, 2.75) is 38.8 Å². The quantitative estimate of drug-likeness (QED) is 0.905. The molecule has 1 amide bonds. The first-order valence-electron chi connectivity index (χ1n) is 8.18. The fraction of sp³-hybridized carbons (Fsp3) is 0.300. The van der Waals surface area contributed by atoms with Gasteiger partial charge in [0.1, 0.15) is 0 Å². The highest BCUT2D eigenvalue weighted by Gasteiger charge is 2.34. The normalized spacial score (nSPS) is 14.8. The molecule has 0 fully saturated rings. The monoisotopic (exact) mass is 323 g/mol. The highest BCUT2D eigenvalue weighted by atomic mass is 16.4. The van der Waals surface area contributed by atoms with E-state index >= 15 is 0 Å². The Bertz CT molecular complexity index is 765. The molecule has 2 aromatic rings. The Morgan fingerprint density at radius 1 is 1.08 bits per heavy atom. The van der Waals surface area contributed by atoms with E-state index in [9.17, 15) is 14.7 Å². The van der Waals surface area contributed by atoms with Gasteiger partial charge in [-0.05, 0) is 28.7 Å². The number of nitrogens with zero attached hydrogens (tertiary/aromatic N) is 1.